The molecular formula is C19H19N5O2. The SMILES string of the molecule is NC(=O)c1cccc(CNC(=O)Nc2cccc(Cn3cccn3)c2)c1. The van der Waals surface area contributed by atoms with E-state index >= 15 is 0 Å². The Balaban J connectivity index is 1.56. The normalized spacial score (nSPS) is 10.3. The highest BCUT2D eigenvalue weighted by atomic mass is 16.2. The molecule has 7 nitrogen and oxygen atoms in total. The Bertz CT molecular complexity index is 906. The highest BCUT2D eigenvalue weighted by molar-refractivity contribution is 5.93. The van der Waals surface area contributed by atoms with E-state index < -0.39 is 5.91 Å². The molecule has 0 bridgehead atoms. The molecule has 0 saturated carbocycles. The molecule has 0 atom stereocenters. The van der Waals surface area contributed by atoms with Gasteiger partial charge >= 0.3 is 6.03 Å². The van der Waals surface area contributed by atoms with Gasteiger partial charge in [-0.2, -0.15) is 5.10 Å². The van der Waals surface area contributed by atoms with Gasteiger partial charge in [0.05, 0.1) is 6.54 Å². The number of hydrogen-bond donors (Lipinski definition) is 3. The van der Waals surface area contributed by atoms with Gasteiger partial charge in [0.25, 0.3) is 0 Å². The van der Waals surface area contributed by atoms with E-state index in [0.717, 1.165) is 11.1 Å². The summed E-state index contributed by atoms with van der Waals surface area (Å²) in [6.07, 6.45) is 3.61. The maximum atomic E-state index is 12.1. The third kappa shape index (κ3) is 4.70. The first-order valence-electron chi connectivity index (χ1n) is 8.10. The van der Waals surface area contributed by atoms with Crippen molar-refractivity contribution in [2.75, 3.05) is 5.32 Å². The number of nitrogens with two attached hydrogens (primary N) is 1. The Morgan fingerprint density at radius 2 is 1.85 bits per heavy atom. The van der Waals surface area contributed by atoms with Gasteiger partial charge in [0.2, 0.25) is 5.91 Å². The molecule has 132 valence electrons. The lowest BCUT2D eigenvalue weighted by atomic mass is 10.1. The van der Waals surface area contributed by atoms with Gasteiger partial charge in [-0.15, -0.1) is 0 Å². The molecule has 1 heterocycles. The van der Waals surface area contributed by atoms with Crippen LogP contribution in [0.15, 0.2) is 67.0 Å². The lowest BCUT2D eigenvalue weighted by molar-refractivity contribution is 0.1000. The standard InChI is InChI=1S/C19H19N5O2/c20-18(25)16-6-1-4-14(10-16)12-21-19(26)23-17-7-2-5-15(11-17)13-24-9-3-8-22-24/h1-11H,12-13H2,(H2,20,25)(H2,21,23,26). The van der Waals surface area contributed by atoms with Crippen LogP contribution in [0.3, 0.4) is 0 Å². The molecule has 0 aliphatic heterocycles. The Hall–Kier alpha value is -3.61. The average Bonchev–Trinajstić information content (AvgIpc) is 3.13. The fourth-order valence-corrected chi connectivity index (χ4v) is 2.52. The number of anilines is 1. The van der Waals surface area contributed by atoms with E-state index in [0.29, 0.717) is 24.3 Å². The number of rotatable bonds is 6. The largest absolute Gasteiger partial charge is 0.366 e. The number of amides is 3. The van der Waals surface area contributed by atoms with Crippen LogP contribution in [-0.2, 0) is 13.1 Å². The summed E-state index contributed by atoms with van der Waals surface area (Å²) in [5.74, 6) is -0.495. The number of nitrogens with one attached hydrogen (secondary N) is 2. The molecule has 3 rings (SSSR count). The van der Waals surface area contributed by atoms with Gasteiger partial charge in [-0.25, -0.2) is 4.79 Å². The van der Waals surface area contributed by atoms with E-state index in [1.54, 1.807) is 24.4 Å². The Kier molecular flexibility index (Phi) is 5.28. The molecule has 26 heavy (non-hydrogen) atoms. The average molecular weight is 349 g/mol. The molecule has 4 N–H and O–H groups in total. The fraction of sp³-hybridized carbons (Fsp3) is 0.105. The second kappa shape index (κ2) is 7.98. The zero-order chi connectivity index (χ0) is 18.4. The molecule has 2 aromatic carbocycles. The summed E-state index contributed by atoms with van der Waals surface area (Å²) in [5, 5.41) is 9.73. The van der Waals surface area contributed by atoms with Crippen LogP contribution in [0.5, 0.6) is 0 Å². The molecule has 0 saturated heterocycles. The molecule has 0 aliphatic rings. The van der Waals surface area contributed by atoms with Crippen LogP contribution in [0, 0.1) is 0 Å². The van der Waals surface area contributed by atoms with Crippen LogP contribution in [0.1, 0.15) is 21.5 Å². The number of benzene rings is 2. The van der Waals surface area contributed by atoms with Gasteiger partial charge < -0.3 is 16.4 Å². The Morgan fingerprint density at radius 3 is 2.62 bits per heavy atom. The van der Waals surface area contributed by atoms with Crippen LogP contribution in [-0.4, -0.2) is 21.7 Å². The Morgan fingerprint density at radius 1 is 1.04 bits per heavy atom. The molecule has 1 aromatic heterocycles. The Labute approximate surface area is 150 Å². The highest BCUT2D eigenvalue weighted by Gasteiger charge is 2.05. The summed E-state index contributed by atoms with van der Waals surface area (Å²) < 4.78 is 1.81. The summed E-state index contributed by atoms with van der Waals surface area (Å²) in [6.45, 7) is 0.921. The third-order valence-electron chi connectivity index (χ3n) is 3.75. The van der Waals surface area contributed by atoms with Crippen molar-refractivity contribution in [3.05, 3.63) is 83.7 Å². The first-order chi connectivity index (χ1) is 12.6. The quantitative estimate of drug-likeness (QED) is 0.636. The topological polar surface area (TPSA) is 102 Å². The van der Waals surface area contributed by atoms with Gasteiger partial charge in [-0.3, -0.25) is 9.48 Å². The minimum atomic E-state index is -0.495. The van der Waals surface area contributed by atoms with Gasteiger partial charge in [-0.05, 0) is 41.5 Å². The van der Waals surface area contributed by atoms with Gasteiger partial charge in [0.15, 0.2) is 0 Å². The minimum absolute atomic E-state index is 0.292. The van der Waals surface area contributed by atoms with E-state index in [4.69, 9.17) is 5.73 Å². The van der Waals surface area contributed by atoms with E-state index in [1.165, 1.54) is 0 Å². The first kappa shape index (κ1) is 17.2. The van der Waals surface area contributed by atoms with Crippen molar-refractivity contribution < 1.29 is 9.59 Å². The van der Waals surface area contributed by atoms with E-state index in [-0.39, 0.29) is 6.03 Å². The zero-order valence-corrected chi connectivity index (χ0v) is 14.1. The maximum Gasteiger partial charge on any atom is 0.319 e. The molecule has 3 amide bonds. The van der Waals surface area contributed by atoms with E-state index in [1.807, 2.05) is 47.3 Å². The molecular weight excluding hydrogens is 330 g/mol. The monoisotopic (exact) mass is 349 g/mol. The van der Waals surface area contributed by atoms with Crippen molar-refractivity contribution in [1.82, 2.24) is 15.1 Å². The van der Waals surface area contributed by atoms with Crippen LogP contribution >= 0.6 is 0 Å². The molecule has 7 heteroatoms. The number of urea groups is 1. The zero-order valence-electron chi connectivity index (χ0n) is 14.1. The fourth-order valence-electron chi connectivity index (χ4n) is 2.52. The molecule has 0 spiro atoms. The summed E-state index contributed by atoms with van der Waals surface area (Å²) in [7, 11) is 0. The van der Waals surface area contributed by atoms with Crippen molar-refractivity contribution in [2.24, 2.45) is 5.73 Å². The molecule has 3 aromatic rings. The van der Waals surface area contributed by atoms with Crippen molar-refractivity contribution in [2.45, 2.75) is 13.1 Å². The number of carbonyl (C=O) groups is 2. The summed E-state index contributed by atoms with van der Waals surface area (Å²) in [5.41, 5.74) is 8.19. The molecule has 0 fully saturated rings. The third-order valence-corrected chi connectivity index (χ3v) is 3.75. The second-order valence-corrected chi connectivity index (χ2v) is 5.78. The van der Waals surface area contributed by atoms with Crippen molar-refractivity contribution in [3.8, 4) is 0 Å². The van der Waals surface area contributed by atoms with Crippen LogP contribution < -0.4 is 16.4 Å². The highest BCUT2D eigenvalue weighted by Crippen LogP contribution is 2.12. The van der Waals surface area contributed by atoms with Gasteiger partial charge in [-0.1, -0.05) is 24.3 Å². The lowest BCUT2D eigenvalue weighted by Crippen LogP contribution is -2.28. The lowest BCUT2D eigenvalue weighted by Gasteiger charge is -2.10. The smallest absolute Gasteiger partial charge is 0.319 e. The van der Waals surface area contributed by atoms with Crippen molar-refractivity contribution in [3.63, 3.8) is 0 Å². The number of hydrogen-bond acceptors (Lipinski definition) is 3. The predicted octanol–water partition coefficient (Wildman–Crippen LogP) is 2.35. The number of carbonyl (C=O) groups excluding carboxylic acids is 2. The second-order valence-electron chi connectivity index (χ2n) is 5.78. The van der Waals surface area contributed by atoms with Crippen LogP contribution in [0.4, 0.5) is 10.5 Å². The van der Waals surface area contributed by atoms with Crippen LogP contribution in [0.2, 0.25) is 0 Å². The first-order valence-corrected chi connectivity index (χ1v) is 8.10. The molecule has 0 unspecified atom stereocenters. The summed E-state index contributed by atoms with van der Waals surface area (Å²) >= 11 is 0. The molecule has 0 aliphatic carbocycles. The van der Waals surface area contributed by atoms with Crippen molar-refractivity contribution in [1.29, 1.82) is 0 Å². The number of primary amides is 1. The van der Waals surface area contributed by atoms with Crippen LogP contribution in [0.25, 0.3) is 0 Å². The van der Waals surface area contributed by atoms with E-state index in [9.17, 15) is 9.59 Å². The summed E-state index contributed by atoms with van der Waals surface area (Å²) in [6, 6.07) is 15.9. The van der Waals surface area contributed by atoms with Crippen molar-refractivity contribution >= 4 is 17.6 Å². The van der Waals surface area contributed by atoms with Gasteiger partial charge in [0, 0.05) is 30.2 Å². The maximum absolute atomic E-state index is 12.1. The molecule has 0 radical (unpaired) electrons. The van der Waals surface area contributed by atoms with Gasteiger partial charge in [0.1, 0.15) is 0 Å². The number of aromatic nitrogens is 2. The van der Waals surface area contributed by atoms with E-state index in [2.05, 4.69) is 15.7 Å². The number of nitrogens with zero attached hydrogens (tertiary/aromatic N) is 2. The summed E-state index contributed by atoms with van der Waals surface area (Å²) in [4.78, 5) is 23.3. The minimum Gasteiger partial charge on any atom is -0.366 e. The predicted molar refractivity (Wildman–Crippen MR) is 98.6 cm³/mol.